The van der Waals surface area contributed by atoms with Gasteiger partial charge in [0.1, 0.15) is 0 Å². The molecule has 1 atom stereocenters. The highest BCUT2D eigenvalue weighted by Gasteiger charge is 2.40. The van der Waals surface area contributed by atoms with E-state index >= 15 is 0 Å². The van der Waals surface area contributed by atoms with E-state index in [0.717, 1.165) is 12.8 Å². The zero-order valence-electron chi connectivity index (χ0n) is 13.9. The molecule has 0 saturated heterocycles. The highest BCUT2D eigenvalue weighted by atomic mass is 16.5. The minimum Gasteiger partial charge on any atom is -0.462 e. The highest BCUT2D eigenvalue weighted by Crippen LogP contribution is 2.47. The van der Waals surface area contributed by atoms with Gasteiger partial charge in [-0.2, -0.15) is 0 Å². The summed E-state index contributed by atoms with van der Waals surface area (Å²) >= 11 is 0. The topological polar surface area (TPSA) is 26.3 Å². The highest BCUT2D eigenvalue weighted by molar-refractivity contribution is 5.86. The van der Waals surface area contributed by atoms with Crippen molar-refractivity contribution in [3.8, 4) is 0 Å². The van der Waals surface area contributed by atoms with Crippen molar-refractivity contribution in [2.24, 2.45) is 23.2 Å². The Labute approximate surface area is 119 Å². The van der Waals surface area contributed by atoms with Crippen molar-refractivity contribution in [3.63, 3.8) is 0 Å². The molecule has 0 amide bonds. The Morgan fingerprint density at radius 3 is 1.95 bits per heavy atom. The number of esters is 1. The van der Waals surface area contributed by atoms with Crippen LogP contribution in [-0.4, -0.2) is 12.6 Å². The normalized spacial score (nSPS) is 13.7. The van der Waals surface area contributed by atoms with Gasteiger partial charge >= 0.3 is 5.97 Å². The fraction of sp³-hybridized carbons (Fsp3) is 0.824. The van der Waals surface area contributed by atoms with Gasteiger partial charge in [-0.1, -0.05) is 48.1 Å². The average Bonchev–Trinajstić information content (AvgIpc) is 2.29. The number of hydrogen-bond donors (Lipinski definition) is 0. The van der Waals surface area contributed by atoms with E-state index in [0.29, 0.717) is 35.3 Å². The van der Waals surface area contributed by atoms with E-state index in [1.54, 1.807) is 6.92 Å². The molecule has 0 aliphatic rings. The molecule has 2 nitrogen and oxygen atoms in total. The quantitative estimate of drug-likeness (QED) is 0.465. The molecule has 0 bridgehead atoms. The number of hydrogen-bond acceptors (Lipinski definition) is 2. The molecule has 0 N–H and O–H groups in total. The molecule has 0 aromatic carbocycles. The molecule has 1 unspecified atom stereocenters. The molecule has 19 heavy (non-hydrogen) atoms. The van der Waals surface area contributed by atoms with E-state index in [1.807, 2.05) is 0 Å². The minimum absolute atomic E-state index is 0.275. The number of ether oxygens (including phenoxy) is 1. The summed E-state index contributed by atoms with van der Waals surface area (Å²) in [6, 6.07) is 0. The van der Waals surface area contributed by atoms with Crippen molar-refractivity contribution < 1.29 is 9.53 Å². The molecule has 112 valence electrons. The van der Waals surface area contributed by atoms with Crippen molar-refractivity contribution in [2.45, 2.75) is 61.3 Å². The lowest BCUT2D eigenvalue weighted by molar-refractivity contribution is -0.139. The van der Waals surface area contributed by atoms with E-state index in [1.165, 1.54) is 0 Å². The Morgan fingerprint density at radius 1 is 1.16 bits per heavy atom. The largest absolute Gasteiger partial charge is 0.462 e. The van der Waals surface area contributed by atoms with Crippen molar-refractivity contribution >= 4 is 5.97 Å². The van der Waals surface area contributed by atoms with Gasteiger partial charge in [0.25, 0.3) is 0 Å². The van der Waals surface area contributed by atoms with Crippen molar-refractivity contribution in [2.75, 3.05) is 6.61 Å². The molecule has 0 spiro atoms. The smallest absolute Gasteiger partial charge is 0.333 e. The van der Waals surface area contributed by atoms with Crippen LogP contribution in [0.4, 0.5) is 0 Å². The van der Waals surface area contributed by atoms with Gasteiger partial charge in [-0.25, -0.2) is 4.79 Å². The first-order chi connectivity index (χ1) is 8.70. The summed E-state index contributed by atoms with van der Waals surface area (Å²) in [7, 11) is 0. The summed E-state index contributed by atoms with van der Waals surface area (Å²) in [5.41, 5.74) is 0.789. The van der Waals surface area contributed by atoms with Crippen LogP contribution in [0, 0.1) is 23.2 Å². The molecule has 0 aromatic heterocycles. The summed E-state index contributed by atoms with van der Waals surface area (Å²) in [5.74, 6) is 1.52. The Balaban J connectivity index is 4.63. The average molecular weight is 268 g/mol. The van der Waals surface area contributed by atoms with Crippen LogP contribution in [0.25, 0.3) is 0 Å². The summed E-state index contributed by atoms with van der Waals surface area (Å²) in [6.45, 7) is 19.6. The molecule has 0 fully saturated rings. The van der Waals surface area contributed by atoms with Gasteiger partial charge in [-0.3, -0.25) is 0 Å². The van der Waals surface area contributed by atoms with E-state index in [-0.39, 0.29) is 5.97 Å². The Morgan fingerprint density at radius 2 is 1.63 bits per heavy atom. The first-order valence-corrected chi connectivity index (χ1v) is 7.52. The van der Waals surface area contributed by atoms with Gasteiger partial charge < -0.3 is 4.74 Å². The molecule has 0 aliphatic carbocycles. The van der Waals surface area contributed by atoms with Gasteiger partial charge in [0.2, 0.25) is 0 Å². The standard InChI is InChI=1S/C17H32O2/c1-9-17(13(4)5,14(6)7)15(8)10-11-19-16(18)12(2)3/h13-15H,2,9-11H2,1,3-8H3. The van der Waals surface area contributed by atoms with Crippen LogP contribution in [-0.2, 0) is 9.53 Å². The zero-order valence-corrected chi connectivity index (χ0v) is 13.9. The minimum atomic E-state index is -0.275. The Bertz CT molecular complexity index is 294. The van der Waals surface area contributed by atoms with Gasteiger partial charge in [0.15, 0.2) is 0 Å². The number of carbonyl (C=O) groups excluding carboxylic acids is 1. The second-order valence-electron chi connectivity index (χ2n) is 6.38. The van der Waals surface area contributed by atoms with E-state index < -0.39 is 0 Å². The third-order valence-corrected chi connectivity index (χ3v) is 4.81. The number of carbonyl (C=O) groups is 1. The lowest BCUT2D eigenvalue weighted by Gasteiger charge is -2.46. The second kappa shape index (κ2) is 7.72. The molecule has 0 heterocycles. The lowest BCUT2D eigenvalue weighted by atomic mass is 9.59. The third-order valence-electron chi connectivity index (χ3n) is 4.81. The summed E-state index contributed by atoms with van der Waals surface area (Å²) in [4.78, 5) is 11.4. The molecule has 0 aromatic rings. The van der Waals surface area contributed by atoms with E-state index in [2.05, 4.69) is 48.1 Å². The van der Waals surface area contributed by atoms with Gasteiger partial charge in [0.05, 0.1) is 6.61 Å². The van der Waals surface area contributed by atoms with Crippen molar-refractivity contribution in [3.05, 3.63) is 12.2 Å². The molecular formula is C17H32O2. The first kappa shape index (κ1) is 18.2. The monoisotopic (exact) mass is 268 g/mol. The predicted molar refractivity (Wildman–Crippen MR) is 82.0 cm³/mol. The fourth-order valence-electron chi connectivity index (χ4n) is 3.69. The lowest BCUT2D eigenvalue weighted by Crippen LogP contribution is -2.39. The van der Waals surface area contributed by atoms with Crippen LogP contribution in [0.1, 0.15) is 61.3 Å². The SMILES string of the molecule is C=C(C)C(=O)OCCC(C)C(CC)(C(C)C)C(C)C. The molecule has 0 aliphatic heterocycles. The van der Waals surface area contributed by atoms with Crippen LogP contribution in [0.3, 0.4) is 0 Å². The maximum atomic E-state index is 11.4. The molecule has 0 radical (unpaired) electrons. The van der Waals surface area contributed by atoms with Crippen LogP contribution in [0.2, 0.25) is 0 Å². The Kier molecular flexibility index (Phi) is 7.39. The maximum Gasteiger partial charge on any atom is 0.333 e. The van der Waals surface area contributed by atoms with Crippen molar-refractivity contribution in [1.82, 2.24) is 0 Å². The third kappa shape index (κ3) is 4.36. The van der Waals surface area contributed by atoms with Gasteiger partial charge in [-0.15, -0.1) is 0 Å². The summed E-state index contributed by atoms with van der Waals surface area (Å²) < 4.78 is 5.23. The van der Waals surface area contributed by atoms with Crippen LogP contribution >= 0.6 is 0 Å². The maximum absolute atomic E-state index is 11.4. The summed E-state index contributed by atoms with van der Waals surface area (Å²) in [6.07, 6.45) is 2.08. The summed E-state index contributed by atoms with van der Waals surface area (Å²) in [5, 5.41) is 0. The molecule has 0 rings (SSSR count). The van der Waals surface area contributed by atoms with E-state index in [9.17, 15) is 4.79 Å². The predicted octanol–water partition coefficient (Wildman–Crippen LogP) is 4.84. The van der Waals surface area contributed by atoms with Crippen LogP contribution in [0.15, 0.2) is 12.2 Å². The molecule has 2 heteroatoms. The van der Waals surface area contributed by atoms with Gasteiger partial charge in [0, 0.05) is 5.57 Å². The number of rotatable bonds is 8. The van der Waals surface area contributed by atoms with E-state index in [4.69, 9.17) is 4.74 Å². The first-order valence-electron chi connectivity index (χ1n) is 7.52. The van der Waals surface area contributed by atoms with Gasteiger partial charge in [-0.05, 0) is 42.9 Å². The van der Waals surface area contributed by atoms with Crippen LogP contribution in [0.5, 0.6) is 0 Å². The fourth-order valence-corrected chi connectivity index (χ4v) is 3.69. The molecular weight excluding hydrogens is 236 g/mol. The zero-order chi connectivity index (χ0) is 15.2. The van der Waals surface area contributed by atoms with Crippen molar-refractivity contribution in [1.29, 1.82) is 0 Å². The second-order valence-corrected chi connectivity index (χ2v) is 6.38. The van der Waals surface area contributed by atoms with Crippen LogP contribution < -0.4 is 0 Å². The Hall–Kier alpha value is -0.790. The molecule has 0 saturated carbocycles.